The van der Waals surface area contributed by atoms with Crippen LogP contribution in [0.25, 0.3) is 11.0 Å². The van der Waals surface area contributed by atoms with Crippen LogP contribution in [0.2, 0.25) is 0 Å². The lowest BCUT2D eigenvalue weighted by Crippen LogP contribution is -2.41. The number of fused-ring (bicyclic) bond motifs is 1. The van der Waals surface area contributed by atoms with Crippen LogP contribution < -0.4 is 12.3 Å². The molecule has 1 unspecified atom stereocenters. The molecule has 1 heterocycles. The van der Waals surface area contributed by atoms with Gasteiger partial charge in [0.1, 0.15) is 11.2 Å². The number of carbonyl (C=O) groups excluding carboxylic acids is 2. The molecule has 2 rings (SSSR count). The number of nitrogens with zero attached hydrogens (tertiary/aromatic N) is 1. The summed E-state index contributed by atoms with van der Waals surface area (Å²) in [5.41, 5.74) is 0.503. The molecule has 1 aromatic carbocycles. The molecule has 2 aromatic rings. The molecule has 122 valence electrons. The lowest BCUT2D eigenvalue weighted by molar-refractivity contribution is -0.122. The van der Waals surface area contributed by atoms with E-state index in [1.165, 1.54) is 0 Å². The van der Waals surface area contributed by atoms with Crippen molar-refractivity contribution >= 4 is 46.5 Å². The highest BCUT2D eigenvalue weighted by atomic mass is 32.1. The average molecular weight is 342 g/mol. The van der Waals surface area contributed by atoms with E-state index in [4.69, 9.17) is 0 Å². The first kappa shape index (κ1) is 20.6. The largest absolute Gasteiger partial charge is 0.344 e. The van der Waals surface area contributed by atoms with E-state index in [-0.39, 0.29) is 34.9 Å². The Hall–Kier alpha value is -1.35. The van der Waals surface area contributed by atoms with Crippen molar-refractivity contribution in [2.24, 2.45) is 5.92 Å². The van der Waals surface area contributed by atoms with E-state index in [1.54, 1.807) is 0 Å². The van der Waals surface area contributed by atoms with Gasteiger partial charge in [-0.05, 0) is 18.1 Å². The number of rotatable bonds is 5. The first-order valence-corrected chi connectivity index (χ1v) is 7.17. The third-order valence-electron chi connectivity index (χ3n) is 3.61. The third-order valence-corrected chi connectivity index (χ3v) is 4.17. The Morgan fingerprint density at radius 2 is 1.82 bits per heavy atom. The lowest BCUT2D eigenvalue weighted by Gasteiger charge is -2.31. The van der Waals surface area contributed by atoms with Crippen LogP contribution in [-0.2, 0) is 15.0 Å². The monoisotopic (exact) mass is 342 g/mol. The summed E-state index contributed by atoms with van der Waals surface area (Å²) < 4.78 is 0. The van der Waals surface area contributed by atoms with E-state index in [0.717, 1.165) is 11.0 Å². The maximum absolute atomic E-state index is 12.1. The summed E-state index contributed by atoms with van der Waals surface area (Å²) in [6, 6.07) is 7.48. The first-order valence-electron chi connectivity index (χ1n) is 6.28. The summed E-state index contributed by atoms with van der Waals surface area (Å²) in [6.07, 6.45) is -0.0318. The zero-order valence-electron chi connectivity index (χ0n) is 12.7. The van der Waals surface area contributed by atoms with Gasteiger partial charge in [-0.3, -0.25) is 9.59 Å². The molecule has 0 spiro atoms. The van der Waals surface area contributed by atoms with Gasteiger partial charge < -0.3 is 17.3 Å². The zero-order valence-corrected chi connectivity index (χ0v) is 14.5. The standard InChI is InChI=1S/C14H16N2O2S2.2H3N/c1-8(2)14(13(18)20,7-11(17)19)12-15-9-5-3-4-6-10(9)16-12;;/h3-6,8H,7H2,1-2H3,(H,15,16)(H,17,19)(H,18,20);2*1H3. The SMILES string of the molecule is CC(C)C(CC(=O)S)(C(=O)S)c1nc2ccccc2[nH]1.N.N. The molecule has 22 heavy (non-hydrogen) atoms. The van der Waals surface area contributed by atoms with Crippen LogP contribution in [0.3, 0.4) is 0 Å². The van der Waals surface area contributed by atoms with Gasteiger partial charge in [0, 0.05) is 6.42 Å². The van der Waals surface area contributed by atoms with Gasteiger partial charge in [-0.2, -0.15) is 0 Å². The smallest absolute Gasteiger partial charge is 0.200 e. The normalized spacial score (nSPS) is 13.1. The van der Waals surface area contributed by atoms with Gasteiger partial charge >= 0.3 is 0 Å². The number of thiol groups is 2. The molecular formula is C14H22N4O2S2. The second-order valence-corrected chi connectivity index (χ2v) is 6.01. The minimum atomic E-state index is -1.08. The topological polar surface area (TPSA) is 133 Å². The van der Waals surface area contributed by atoms with Crippen molar-refractivity contribution in [3.63, 3.8) is 0 Å². The molecule has 1 aromatic heterocycles. The van der Waals surface area contributed by atoms with E-state index < -0.39 is 5.41 Å². The van der Waals surface area contributed by atoms with Crippen molar-refractivity contribution in [1.29, 1.82) is 0 Å². The molecule has 0 bridgehead atoms. The predicted molar refractivity (Wildman–Crippen MR) is 95.3 cm³/mol. The fourth-order valence-electron chi connectivity index (χ4n) is 2.39. The number of H-pyrrole nitrogens is 1. The van der Waals surface area contributed by atoms with E-state index >= 15 is 0 Å². The highest BCUT2D eigenvalue weighted by Crippen LogP contribution is 2.38. The Bertz CT molecular complexity index is 639. The molecular weight excluding hydrogens is 320 g/mol. The number of aromatic nitrogens is 2. The van der Waals surface area contributed by atoms with Crippen molar-refractivity contribution < 1.29 is 9.59 Å². The zero-order chi connectivity index (χ0) is 14.9. The molecule has 8 heteroatoms. The second-order valence-electron chi connectivity index (χ2n) is 5.10. The molecule has 7 N–H and O–H groups in total. The number of aromatic amines is 1. The maximum atomic E-state index is 12.1. The van der Waals surface area contributed by atoms with Crippen molar-refractivity contribution in [3.05, 3.63) is 30.1 Å². The third kappa shape index (κ3) is 3.52. The molecule has 0 aliphatic heterocycles. The van der Waals surface area contributed by atoms with Crippen molar-refractivity contribution in [3.8, 4) is 0 Å². The fraction of sp³-hybridized carbons (Fsp3) is 0.357. The molecule has 0 saturated carbocycles. The van der Waals surface area contributed by atoms with Crippen molar-refractivity contribution in [2.75, 3.05) is 0 Å². The van der Waals surface area contributed by atoms with Gasteiger partial charge in [-0.15, -0.1) is 25.3 Å². The number of para-hydroxylation sites is 2. The van der Waals surface area contributed by atoms with Crippen molar-refractivity contribution in [1.82, 2.24) is 22.3 Å². The average Bonchev–Trinajstić information content (AvgIpc) is 2.78. The summed E-state index contributed by atoms with van der Waals surface area (Å²) in [4.78, 5) is 31.2. The molecule has 0 saturated heterocycles. The van der Waals surface area contributed by atoms with E-state index in [1.807, 2.05) is 38.1 Å². The highest BCUT2D eigenvalue weighted by Gasteiger charge is 2.45. The fourth-order valence-corrected chi connectivity index (χ4v) is 3.08. The molecule has 0 amide bonds. The van der Waals surface area contributed by atoms with Gasteiger partial charge in [0.05, 0.1) is 11.0 Å². The second kappa shape index (κ2) is 7.77. The van der Waals surface area contributed by atoms with E-state index in [2.05, 4.69) is 35.2 Å². The van der Waals surface area contributed by atoms with Gasteiger partial charge in [-0.25, -0.2) is 4.98 Å². The Morgan fingerprint density at radius 3 is 2.27 bits per heavy atom. The Labute approximate surface area is 140 Å². The maximum Gasteiger partial charge on any atom is 0.200 e. The van der Waals surface area contributed by atoms with Crippen molar-refractivity contribution in [2.45, 2.75) is 25.7 Å². The van der Waals surface area contributed by atoms with Crippen LogP contribution in [0, 0.1) is 5.92 Å². The number of carbonyl (C=O) groups is 2. The summed E-state index contributed by atoms with van der Waals surface area (Å²) >= 11 is 7.83. The van der Waals surface area contributed by atoms with Crippen LogP contribution in [-0.4, -0.2) is 20.2 Å². The molecule has 0 radical (unpaired) electrons. The van der Waals surface area contributed by atoms with Crippen LogP contribution >= 0.6 is 25.3 Å². The quantitative estimate of drug-likeness (QED) is 0.532. The molecule has 0 aliphatic carbocycles. The van der Waals surface area contributed by atoms with Gasteiger partial charge in [0.25, 0.3) is 0 Å². The minimum absolute atomic E-state index is 0. The van der Waals surface area contributed by atoms with E-state index in [0.29, 0.717) is 5.82 Å². The Morgan fingerprint density at radius 1 is 1.23 bits per heavy atom. The summed E-state index contributed by atoms with van der Waals surface area (Å²) in [6.45, 7) is 3.75. The number of hydrogen-bond donors (Lipinski definition) is 5. The molecule has 0 aliphatic rings. The Balaban J connectivity index is 0.00000220. The summed E-state index contributed by atoms with van der Waals surface area (Å²) in [7, 11) is 0. The molecule has 6 nitrogen and oxygen atoms in total. The number of benzene rings is 1. The Kier molecular flexibility index (Phi) is 7.30. The summed E-state index contributed by atoms with van der Waals surface area (Å²) in [5.74, 6) is 0.334. The van der Waals surface area contributed by atoms with Gasteiger partial charge in [-0.1, -0.05) is 26.0 Å². The molecule has 0 fully saturated rings. The predicted octanol–water partition coefficient (Wildman–Crippen LogP) is 3.08. The first-order chi connectivity index (χ1) is 9.37. The van der Waals surface area contributed by atoms with Crippen LogP contribution in [0.4, 0.5) is 0 Å². The molecule has 1 atom stereocenters. The number of nitrogens with one attached hydrogen (secondary N) is 1. The number of hydrogen-bond acceptors (Lipinski definition) is 5. The van der Waals surface area contributed by atoms with Gasteiger partial charge in [0.2, 0.25) is 0 Å². The lowest BCUT2D eigenvalue weighted by atomic mass is 9.75. The summed E-state index contributed by atoms with van der Waals surface area (Å²) in [5, 5.41) is -0.740. The van der Waals surface area contributed by atoms with Crippen LogP contribution in [0.1, 0.15) is 26.1 Å². The number of imidazole rings is 1. The van der Waals surface area contributed by atoms with E-state index in [9.17, 15) is 9.59 Å². The van der Waals surface area contributed by atoms with Crippen LogP contribution in [0.5, 0.6) is 0 Å². The highest BCUT2D eigenvalue weighted by molar-refractivity contribution is 7.97. The van der Waals surface area contributed by atoms with Crippen LogP contribution in [0.15, 0.2) is 24.3 Å². The minimum Gasteiger partial charge on any atom is -0.344 e. The van der Waals surface area contributed by atoms with Gasteiger partial charge in [0.15, 0.2) is 10.2 Å².